The highest BCUT2D eigenvalue weighted by Gasteiger charge is 2.42. The lowest BCUT2D eigenvalue weighted by atomic mass is 9.90. The third-order valence-electron chi connectivity index (χ3n) is 2.98. The molecular formula is C11H17F3O3. The molecule has 1 N–H and O–H groups in total. The summed E-state index contributed by atoms with van der Waals surface area (Å²) in [5.41, 5.74) is 0. The SMILES string of the molecule is O=C(O)CC(OCC1CCCCC1)C(F)(F)F. The second-order valence-corrected chi connectivity index (χ2v) is 4.47. The van der Waals surface area contributed by atoms with Gasteiger partial charge in [0.1, 0.15) is 0 Å². The van der Waals surface area contributed by atoms with Gasteiger partial charge < -0.3 is 9.84 Å². The van der Waals surface area contributed by atoms with E-state index in [1.165, 1.54) is 0 Å². The minimum atomic E-state index is -4.60. The molecular weight excluding hydrogens is 237 g/mol. The molecule has 1 saturated carbocycles. The van der Waals surface area contributed by atoms with Gasteiger partial charge in [-0.25, -0.2) is 0 Å². The highest BCUT2D eigenvalue weighted by molar-refractivity contribution is 5.67. The fraction of sp³-hybridized carbons (Fsp3) is 0.909. The Hall–Kier alpha value is -0.780. The molecule has 0 bridgehead atoms. The smallest absolute Gasteiger partial charge is 0.415 e. The van der Waals surface area contributed by atoms with Crippen molar-refractivity contribution in [3.05, 3.63) is 0 Å². The molecule has 0 heterocycles. The second kappa shape index (κ2) is 6.23. The first kappa shape index (κ1) is 14.3. The van der Waals surface area contributed by atoms with E-state index in [2.05, 4.69) is 0 Å². The van der Waals surface area contributed by atoms with Crippen LogP contribution < -0.4 is 0 Å². The van der Waals surface area contributed by atoms with Crippen LogP contribution in [-0.4, -0.2) is 30.0 Å². The molecule has 0 aromatic carbocycles. The maximum absolute atomic E-state index is 12.4. The fourth-order valence-electron chi connectivity index (χ4n) is 2.03. The molecule has 1 atom stereocenters. The maximum atomic E-state index is 12.4. The van der Waals surface area contributed by atoms with Crippen molar-refractivity contribution in [3.8, 4) is 0 Å². The maximum Gasteiger partial charge on any atom is 0.415 e. The van der Waals surface area contributed by atoms with Crippen LogP contribution in [0.5, 0.6) is 0 Å². The standard InChI is InChI=1S/C11H17F3O3/c12-11(13,14)9(6-10(15)16)17-7-8-4-2-1-3-5-8/h8-9H,1-7H2,(H,15,16). The van der Waals surface area contributed by atoms with Gasteiger partial charge in [-0.1, -0.05) is 19.3 Å². The fourth-order valence-corrected chi connectivity index (χ4v) is 2.03. The van der Waals surface area contributed by atoms with Crippen molar-refractivity contribution in [1.82, 2.24) is 0 Å². The van der Waals surface area contributed by atoms with Crippen LogP contribution >= 0.6 is 0 Å². The van der Waals surface area contributed by atoms with Gasteiger partial charge in [0.05, 0.1) is 13.0 Å². The van der Waals surface area contributed by atoms with E-state index < -0.39 is 24.7 Å². The highest BCUT2D eigenvalue weighted by Crippen LogP contribution is 2.29. The molecule has 3 nitrogen and oxygen atoms in total. The van der Waals surface area contributed by atoms with Crippen molar-refractivity contribution in [3.63, 3.8) is 0 Å². The van der Waals surface area contributed by atoms with E-state index >= 15 is 0 Å². The summed E-state index contributed by atoms with van der Waals surface area (Å²) < 4.78 is 42.1. The second-order valence-electron chi connectivity index (χ2n) is 4.47. The first-order valence-electron chi connectivity index (χ1n) is 5.79. The van der Waals surface area contributed by atoms with Gasteiger partial charge in [0.15, 0.2) is 6.10 Å². The minimum Gasteiger partial charge on any atom is -0.481 e. The van der Waals surface area contributed by atoms with Crippen LogP contribution in [-0.2, 0) is 9.53 Å². The molecule has 0 aromatic rings. The van der Waals surface area contributed by atoms with Crippen LogP contribution in [0.25, 0.3) is 0 Å². The number of carboxylic acids is 1. The van der Waals surface area contributed by atoms with Gasteiger partial charge in [-0.15, -0.1) is 0 Å². The predicted molar refractivity (Wildman–Crippen MR) is 54.6 cm³/mol. The van der Waals surface area contributed by atoms with Crippen molar-refractivity contribution in [2.24, 2.45) is 5.92 Å². The van der Waals surface area contributed by atoms with Crippen LogP contribution in [0.15, 0.2) is 0 Å². The number of carboxylic acid groups (broad SMARTS) is 1. The number of ether oxygens (including phenoxy) is 1. The molecule has 0 aromatic heterocycles. The third kappa shape index (κ3) is 5.39. The summed E-state index contributed by atoms with van der Waals surface area (Å²) in [5.74, 6) is -1.35. The summed E-state index contributed by atoms with van der Waals surface area (Å²) in [6.07, 6.45) is -2.90. The molecule has 1 unspecified atom stereocenters. The topological polar surface area (TPSA) is 46.5 Å². The Kier molecular flexibility index (Phi) is 5.24. The van der Waals surface area contributed by atoms with Crippen LogP contribution in [0.4, 0.5) is 13.2 Å². The molecule has 17 heavy (non-hydrogen) atoms. The lowest BCUT2D eigenvalue weighted by Gasteiger charge is -2.25. The lowest BCUT2D eigenvalue weighted by Crippen LogP contribution is -2.35. The van der Waals surface area contributed by atoms with E-state index in [-0.39, 0.29) is 12.5 Å². The number of hydrogen-bond donors (Lipinski definition) is 1. The number of aliphatic carboxylic acids is 1. The van der Waals surface area contributed by atoms with E-state index in [1.807, 2.05) is 0 Å². The monoisotopic (exact) mass is 254 g/mol. The number of carbonyl (C=O) groups is 1. The lowest BCUT2D eigenvalue weighted by molar-refractivity contribution is -0.227. The molecule has 0 amide bonds. The molecule has 0 saturated heterocycles. The Morgan fingerprint density at radius 1 is 1.29 bits per heavy atom. The molecule has 0 aliphatic heterocycles. The Bertz CT molecular complexity index is 247. The molecule has 1 rings (SSSR count). The number of hydrogen-bond acceptors (Lipinski definition) is 2. The molecule has 0 spiro atoms. The van der Waals surface area contributed by atoms with E-state index in [0.29, 0.717) is 0 Å². The normalized spacial score (nSPS) is 20.2. The predicted octanol–water partition coefficient (Wildman–Crippen LogP) is 2.99. The van der Waals surface area contributed by atoms with Gasteiger partial charge in [-0.2, -0.15) is 13.2 Å². The van der Waals surface area contributed by atoms with E-state index in [4.69, 9.17) is 9.84 Å². The largest absolute Gasteiger partial charge is 0.481 e. The molecule has 1 aliphatic rings. The number of halogens is 3. The Balaban J connectivity index is 2.40. The van der Waals surface area contributed by atoms with Crippen molar-refractivity contribution in [1.29, 1.82) is 0 Å². The van der Waals surface area contributed by atoms with Crippen molar-refractivity contribution in [2.75, 3.05) is 6.61 Å². The van der Waals surface area contributed by atoms with Gasteiger partial charge >= 0.3 is 12.1 Å². The quantitative estimate of drug-likeness (QED) is 0.820. The van der Waals surface area contributed by atoms with Crippen LogP contribution in [0.1, 0.15) is 38.5 Å². The van der Waals surface area contributed by atoms with Gasteiger partial charge in [0.25, 0.3) is 0 Å². The highest BCUT2D eigenvalue weighted by atomic mass is 19.4. The summed E-state index contributed by atoms with van der Waals surface area (Å²) in [6, 6.07) is 0. The first-order chi connectivity index (χ1) is 7.89. The summed E-state index contributed by atoms with van der Waals surface area (Å²) in [7, 11) is 0. The average molecular weight is 254 g/mol. The Labute approximate surface area is 97.9 Å². The van der Waals surface area contributed by atoms with E-state index in [1.54, 1.807) is 0 Å². The summed E-state index contributed by atoms with van der Waals surface area (Å²) in [6.45, 7) is 0.0114. The number of alkyl halides is 3. The minimum absolute atomic E-state index is 0.0114. The van der Waals surface area contributed by atoms with Crippen LogP contribution in [0.3, 0.4) is 0 Å². The van der Waals surface area contributed by atoms with Gasteiger partial charge in [-0.05, 0) is 18.8 Å². The summed E-state index contributed by atoms with van der Waals surface area (Å²) in [5, 5.41) is 8.40. The van der Waals surface area contributed by atoms with Crippen molar-refractivity contribution >= 4 is 5.97 Å². The zero-order valence-electron chi connectivity index (χ0n) is 9.50. The van der Waals surface area contributed by atoms with E-state index in [9.17, 15) is 18.0 Å². The average Bonchev–Trinajstić information content (AvgIpc) is 2.23. The van der Waals surface area contributed by atoms with Crippen LogP contribution in [0, 0.1) is 5.92 Å². The first-order valence-corrected chi connectivity index (χ1v) is 5.79. The zero-order valence-corrected chi connectivity index (χ0v) is 9.50. The van der Waals surface area contributed by atoms with E-state index in [0.717, 1.165) is 32.1 Å². The van der Waals surface area contributed by atoms with Crippen molar-refractivity contribution in [2.45, 2.75) is 50.8 Å². The van der Waals surface area contributed by atoms with Gasteiger partial charge in [0, 0.05) is 0 Å². The van der Waals surface area contributed by atoms with Crippen LogP contribution in [0.2, 0.25) is 0 Å². The Morgan fingerprint density at radius 3 is 2.35 bits per heavy atom. The summed E-state index contributed by atoms with van der Waals surface area (Å²) >= 11 is 0. The molecule has 100 valence electrons. The molecule has 6 heteroatoms. The number of rotatable bonds is 5. The zero-order chi connectivity index (χ0) is 12.9. The van der Waals surface area contributed by atoms with Crippen molar-refractivity contribution < 1.29 is 27.8 Å². The van der Waals surface area contributed by atoms with Gasteiger partial charge in [0.2, 0.25) is 0 Å². The molecule has 1 fully saturated rings. The summed E-state index contributed by atoms with van der Waals surface area (Å²) in [4.78, 5) is 10.3. The third-order valence-corrected chi connectivity index (χ3v) is 2.98. The molecule has 0 radical (unpaired) electrons. The molecule has 1 aliphatic carbocycles. The Morgan fingerprint density at radius 2 is 1.88 bits per heavy atom. The van der Waals surface area contributed by atoms with Gasteiger partial charge in [-0.3, -0.25) is 4.79 Å².